The molecule has 0 spiro atoms. The first-order chi connectivity index (χ1) is 18.8. The number of aromatic nitrogens is 2. The van der Waals surface area contributed by atoms with Gasteiger partial charge in [-0.05, 0) is 81.2 Å². The lowest BCUT2D eigenvalue weighted by atomic mass is 9.88. The summed E-state index contributed by atoms with van der Waals surface area (Å²) in [6.07, 6.45) is 6.62. The molecule has 6 aromatic rings. The molecule has 178 valence electrons. The highest BCUT2D eigenvalue weighted by Crippen LogP contribution is 2.37. The van der Waals surface area contributed by atoms with Gasteiger partial charge in [-0.15, -0.1) is 0 Å². The van der Waals surface area contributed by atoms with E-state index in [1.54, 1.807) is 49.1 Å². The molecule has 0 unspecified atom stereocenters. The second kappa shape index (κ2) is 9.84. The van der Waals surface area contributed by atoms with E-state index in [2.05, 4.69) is 49.9 Å². The monoisotopic (exact) mass is 488 g/mol. The van der Waals surface area contributed by atoms with Gasteiger partial charge in [-0.1, -0.05) is 48.5 Å². The van der Waals surface area contributed by atoms with E-state index >= 15 is 0 Å². The van der Waals surface area contributed by atoms with Crippen LogP contribution in [0.25, 0.3) is 43.7 Å². The van der Waals surface area contributed by atoms with Crippen molar-refractivity contribution in [3.8, 4) is 11.1 Å². The molecule has 0 aliphatic carbocycles. The van der Waals surface area contributed by atoms with Crippen LogP contribution >= 0.6 is 0 Å². The van der Waals surface area contributed by atoms with Crippen LogP contribution in [0.4, 0.5) is 0 Å². The summed E-state index contributed by atoms with van der Waals surface area (Å²) in [5.74, 6) is 0. The molecule has 4 aromatic carbocycles. The molecule has 6 nitrogen and oxygen atoms in total. The van der Waals surface area contributed by atoms with Gasteiger partial charge in [0.1, 0.15) is 0 Å². The molecule has 38 heavy (non-hydrogen) atoms. The molecule has 0 atom stereocenters. The zero-order chi connectivity index (χ0) is 25.9. The van der Waals surface area contributed by atoms with Gasteiger partial charge in [-0.2, -0.15) is 9.58 Å². The van der Waals surface area contributed by atoms with Crippen molar-refractivity contribution < 1.29 is 9.58 Å². The van der Waals surface area contributed by atoms with Crippen LogP contribution in [-0.4, -0.2) is 31.0 Å². The Morgan fingerprint density at radius 3 is 1.39 bits per heavy atom. The molecule has 0 bridgehead atoms. The topological polar surface area (TPSA) is 98.6 Å². The second-order valence-corrected chi connectivity index (χ2v) is 8.86. The van der Waals surface area contributed by atoms with Gasteiger partial charge in [-0.25, -0.2) is 0 Å². The molecule has 0 saturated heterocycles. The average Bonchev–Trinajstić information content (AvgIpc) is 2.98. The Hall–Kier alpha value is -5.54. The molecule has 2 aromatic heterocycles. The number of rotatable bonds is 5. The molecule has 0 aliphatic heterocycles. The number of fused-ring (bicyclic) bond motifs is 2. The van der Waals surface area contributed by atoms with E-state index in [0.29, 0.717) is 33.7 Å². The predicted octanol–water partition coefficient (Wildman–Crippen LogP) is 6.58. The van der Waals surface area contributed by atoms with Crippen LogP contribution in [-0.2, 0) is 0 Å². The Kier molecular flexibility index (Phi) is 5.93. The van der Waals surface area contributed by atoms with E-state index in [9.17, 15) is 11.1 Å². The molecule has 0 aliphatic rings. The predicted molar refractivity (Wildman–Crippen MR) is 149 cm³/mol. The number of benzene rings is 4. The van der Waals surface area contributed by atoms with Crippen molar-refractivity contribution in [3.05, 3.63) is 155 Å². The maximum atomic E-state index is 10.1. The van der Waals surface area contributed by atoms with Gasteiger partial charge in [0, 0.05) is 24.8 Å². The second-order valence-electron chi connectivity index (χ2n) is 8.86. The fraction of sp³-hybridized carbons (Fsp3) is 0. The fourth-order valence-corrected chi connectivity index (χ4v) is 4.95. The van der Waals surface area contributed by atoms with Crippen LogP contribution in [0, 0.1) is 0 Å². The van der Waals surface area contributed by atoms with Gasteiger partial charge in [0.05, 0.1) is 22.3 Å². The van der Waals surface area contributed by atoms with Crippen molar-refractivity contribution in [3.63, 3.8) is 0 Å². The molecular formula is C32H20N6. The molecule has 6 rings (SSSR count). The third-order valence-corrected chi connectivity index (χ3v) is 6.65. The van der Waals surface area contributed by atoms with Crippen molar-refractivity contribution in [2.24, 2.45) is 0 Å². The van der Waals surface area contributed by atoms with Gasteiger partial charge in [-0.3, -0.25) is 9.97 Å². The third kappa shape index (κ3) is 4.08. The number of hydrogen-bond acceptors (Lipinski definition) is 2. The van der Waals surface area contributed by atoms with Crippen molar-refractivity contribution in [1.82, 2.24) is 9.97 Å². The Bertz CT molecular complexity index is 1780. The summed E-state index contributed by atoms with van der Waals surface area (Å²) < 4.78 is 0. The quantitative estimate of drug-likeness (QED) is 0.118. The minimum absolute atomic E-state index is 0.382. The number of hydrogen-bond donors (Lipinski definition) is 0. The summed E-state index contributed by atoms with van der Waals surface area (Å²) in [4.78, 5) is 15.5. The van der Waals surface area contributed by atoms with E-state index in [4.69, 9.17) is 0 Å². The number of nitrogens with zero attached hydrogens (tertiary/aromatic N) is 6. The SMILES string of the molecule is [N-]=[N+]=C(c1ccncc1)c1cc(C(=[N+]=[N-])c2ccncc2)cc(-c2c3ccccc3cc3ccccc23)c1. The van der Waals surface area contributed by atoms with Crippen molar-refractivity contribution in [2.45, 2.75) is 0 Å². The lowest BCUT2D eigenvalue weighted by Gasteiger charge is -2.14. The molecule has 2 heterocycles. The molecule has 0 saturated carbocycles. The largest absolute Gasteiger partial charge is 0.361 e. The highest BCUT2D eigenvalue weighted by atomic mass is 14.9. The zero-order valence-electron chi connectivity index (χ0n) is 20.2. The third-order valence-electron chi connectivity index (χ3n) is 6.65. The number of pyridine rings is 2. The van der Waals surface area contributed by atoms with Gasteiger partial charge >= 0.3 is 11.4 Å². The van der Waals surface area contributed by atoms with E-state index < -0.39 is 0 Å². The lowest BCUT2D eigenvalue weighted by Crippen LogP contribution is -2.10. The van der Waals surface area contributed by atoms with Crippen LogP contribution in [0.2, 0.25) is 0 Å². The van der Waals surface area contributed by atoms with E-state index in [1.165, 1.54) is 0 Å². The summed E-state index contributed by atoms with van der Waals surface area (Å²) in [5.41, 5.74) is 25.7. The molecule has 6 heteroatoms. The van der Waals surface area contributed by atoms with Gasteiger partial charge in [0.2, 0.25) is 0 Å². The Morgan fingerprint density at radius 2 is 0.947 bits per heavy atom. The smallest absolute Gasteiger partial charge is 0.329 e. The van der Waals surface area contributed by atoms with Crippen LogP contribution in [0.1, 0.15) is 22.3 Å². The van der Waals surface area contributed by atoms with Gasteiger partial charge in [0.15, 0.2) is 0 Å². The molecule has 0 fully saturated rings. The minimum Gasteiger partial charge on any atom is -0.361 e. The summed E-state index contributed by atoms with van der Waals surface area (Å²) in [6.45, 7) is 0. The maximum Gasteiger partial charge on any atom is 0.329 e. The Balaban J connectivity index is 1.70. The first-order valence-electron chi connectivity index (χ1n) is 12.1. The fourth-order valence-electron chi connectivity index (χ4n) is 4.95. The zero-order valence-corrected chi connectivity index (χ0v) is 20.2. The first kappa shape index (κ1) is 22.9. The summed E-state index contributed by atoms with van der Waals surface area (Å²) in [6, 6.07) is 31.8. The van der Waals surface area contributed by atoms with Gasteiger partial charge < -0.3 is 11.1 Å². The summed E-state index contributed by atoms with van der Waals surface area (Å²) in [5, 5.41) is 4.41. The lowest BCUT2D eigenvalue weighted by molar-refractivity contribution is -0.00289. The highest BCUT2D eigenvalue weighted by molar-refractivity contribution is 6.17. The molecule has 0 amide bonds. The first-order valence-corrected chi connectivity index (χ1v) is 12.1. The van der Waals surface area contributed by atoms with E-state index in [1.807, 2.05) is 42.5 Å². The summed E-state index contributed by atoms with van der Waals surface area (Å²) in [7, 11) is 0. The van der Waals surface area contributed by atoms with Crippen molar-refractivity contribution in [2.75, 3.05) is 0 Å². The van der Waals surface area contributed by atoms with E-state index in [-0.39, 0.29) is 0 Å². The molecule has 0 radical (unpaired) electrons. The van der Waals surface area contributed by atoms with Crippen LogP contribution in [0.5, 0.6) is 0 Å². The van der Waals surface area contributed by atoms with E-state index in [0.717, 1.165) is 32.7 Å². The Morgan fingerprint density at radius 1 is 0.500 bits per heavy atom. The minimum atomic E-state index is 0.382. The van der Waals surface area contributed by atoms with Gasteiger partial charge in [0.25, 0.3) is 0 Å². The van der Waals surface area contributed by atoms with Crippen molar-refractivity contribution >= 4 is 33.0 Å². The highest BCUT2D eigenvalue weighted by Gasteiger charge is 2.24. The van der Waals surface area contributed by atoms with Crippen molar-refractivity contribution in [1.29, 1.82) is 0 Å². The standard InChI is InChI=1S/C32H20N6/c33-37-31(21-9-13-35-14-10-21)26-18-25(19-27(20-26)32(38-34)22-11-15-36-16-12-22)30-28-7-3-1-5-23(28)17-24-6-2-4-8-29(24)30/h1-20H. The normalized spacial score (nSPS) is 10.6. The average molecular weight is 489 g/mol. The summed E-state index contributed by atoms with van der Waals surface area (Å²) >= 11 is 0. The van der Waals surface area contributed by atoms with Crippen LogP contribution < -0.4 is 0 Å². The Labute approximate surface area is 218 Å². The molecular weight excluding hydrogens is 468 g/mol. The molecule has 0 N–H and O–H groups in total. The van der Waals surface area contributed by atoms with Crippen LogP contribution in [0.15, 0.2) is 122 Å². The van der Waals surface area contributed by atoms with Crippen LogP contribution in [0.3, 0.4) is 0 Å². The maximum absolute atomic E-state index is 10.1.